The molecule has 6 heteroatoms. The van der Waals surface area contributed by atoms with Crippen LogP contribution in [0.1, 0.15) is 23.4 Å². The number of rotatable bonds is 3. The Morgan fingerprint density at radius 1 is 1.56 bits per heavy atom. The average Bonchev–Trinajstić information content (AvgIpc) is 2.79. The number of nitrogens with zero attached hydrogens (tertiary/aromatic N) is 2. The Morgan fingerprint density at radius 2 is 2.28 bits per heavy atom. The molecule has 0 unspecified atom stereocenters. The predicted molar refractivity (Wildman–Crippen MR) is 66.9 cm³/mol. The minimum Gasteiger partial charge on any atom is -0.456 e. The number of likely N-dealkylation sites (tertiary alicyclic amines) is 1. The van der Waals surface area contributed by atoms with E-state index in [0.29, 0.717) is 11.2 Å². The number of hydrogen-bond acceptors (Lipinski definition) is 5. The van der Waals surface area contributed by atoms with E-state index in [-0.39, 0.29) is 11.9 Å². The quantitative estimate of drug-likeness (QED) is 0.632. The van der Waals surface area contributed by atoms with Crippen molar-refractivity contribution in [1.82, 2.24) is 4.90 Å². The summed E-state index contributed by atoms with van der Waals surface area (Å²) in [5, 5.41) is 8.59. The van der Waals surface area contributed by atoms with E-state index in [1.807, 2.05) is 4.90 Å². The molecule has 0 amide bonds. The molecule has 1 aromatic heterocycles. The second-order valence-corrected chi connectivity index (χ2v) is 4.92. The number of esters is 1. The summed E-state index contributed by atoms with van der Waals surface area (Å²) in [6.45, 7) is 2.01. The molecule has 1 saturated heterocycles. The topological polar surface area (TPSA) is 66.5 Å². The molecule has 2 heterocycles. The Balaban J connectivity index is 1.81. The summed E-state index contributed by atoms with van der Waals surface area (Å²) in [6, 6.07) is 5.36. The molecule has 0 N–H and O–H groups in total. The largest absolute Gasteiger partial charge is 0.456 e. The van der Waals surface area contributed by atoms with Crippen LogP contribution in [0.3, 0.4) is 0 Å². The first kappa shape index (κ1) is 13.1. The maximum atomic E-state index is 11.7. The van der Waals surface area contributed by atoms with Crippen LogP contribution in [0.4, 0.5) is 0 Å². The lowest BCUT2D eigenvalue weighted by molar-refractivity contribution is 0.00945. The maximum absolute atomic E-state index is 11.7. The molecular weight excluding hydrogens is 300 g/mol. The SMILES string of the molecule is N#CCN1CCC(OC(=O)c2ccc(Br)o2)CC1. The fraction of sp³-hybridized carbons (Fsp3) is 0.500. The van der Waals surface area contributed by atoms with Crippen LogP contribution in [0.25, 0.3) is 0 Å². The molecule has 0 bridgehead atoms. The molecule has 96 valence electrons. The van der Waals surface area contributed by atoms with Crippen LogP contribution in [0.2, 0.25) is 0 Å². The third kappa shape index (κ3) is 3.34. The first-order valence-electron chi connectivity index (χ1n) is 5.74. The van der Waals surface area contributed by atoms with Crippen molar-refractivity contribution in [2.45, 2.75) is 18.9 Å². The lowest BCUT2D eigenvalue weighted by Crippen LogP contribution is -2.37. The Labute approximate surface area is 113 Å². The number of ether oxygens (including phenoxy) is 1. The van der Waals surface area contributed by atoms with Gasteiger partial charge in [0.2, 0.25) is 5.76 Å². The second kappa shape index (κ2) is 6.03. The van der Waals surface area contributed by atoms with Crippen LogP contribution < -0.4 is 0 Å². The van der Waals surface area contributed by atoms with Gasteiger partial charge < -0.3 is 9.15 Å². The van der Waals surface area contributed by atoms with Gasteiger partial charge in [0, 0.05) is 13.1 Å². The summed E-state index contributed by atoms with van der Waals surface area (Å²) >= 11 is 3.14. The lowest BCUT2D eigenvalue weighted by Gasteiger charge is -2.29. The molecule has 1 aromatic rings. The molecule has 0 saturated carbocycles. The number of hydrogen-bond donors (Lipinski definition) is 0. The van der Waals surface area contributed by atoms with Gasteiger partial charge in [0.25, 0.3) is 0 Å². The summed E-state index contributed by atoms with van der Waals surface area (Å²) in [6.07, 6.45) is 1.43. The molecule has 18 heavy (non-hydrogen) atoms. The first-order chi connectivity index (χ1) is 8.69. The van der Waals surface area contributed by atoms with Crippen LogP contribution >= 0.6 is 15.9 Å². The molecule has 0 radical (unpaired) electrons. The lowest BCUT2D eigenvalue weighted by atomic mass is 10.1. The van der Waals surface area contributed by atoms with Crippen LogP contribution in [0.5, 0.6) is 0 Å². The molecule has 0 atom stereocenters. The zero-order valence-electron chi connectivity index (χ0n) is 9.76. The van der Waals surface area contributed by atoms with Gasteiger partial charge in [-0.2, -0.15) is 5.26 Å². The summed E-state index contributed by atoms with van der Waals surface area (Å²) < 4.78 is 11.0. The monoisotopic (exact) mass is 312 g/mol. The zero-order chi connectivity index (χ0) is 13.0. The smallest absolute Gasteiger partial charge is 0.374 e. The van der Waals surface area contributed by atoms with Crippen LogP contribution in [-0.2, 0) is 4.74 Å². The van der Waals surface area contributed by atoms with E-state index in [1.165, 1.54) is 0 Å². The van der Waals surface area contributed by atoms with Crippen molar-refractivity contribution < 1.29 is 13.9 Å². The third-order valence-corrected chi connectivity index (χ3v) is 3.30. The van der Waals surface area contributed by atoms with Crippen LogP contribution in [-0.4, -0.2) is 36.6 Å². The number of halogens is 1. The standard InChI is InChI=1S/C12H13BrN2O3/c13-11-2-1-10(18-11)12(16)17-9-3-6-15(7-4-9)8-5-14/h1-2,9H,3-4,6-8H2. The fourth-order valence-corrected chi connectivity index (χ4v) is 2.23. The number of piperidine rings is 1. The molecule has 0 aromatic carbocycles. The van der Waals surface area contributed by atoms with Gasteiger partial charge in [-0.3, -0.25) is 4.90 Å². The number of furan rings is 1. The predicted octanol–water partition coefficient (Wildman–Crippen LogP) is 2.19. The summed E-state index contributed by atoms with van der Waals surface area (Å²) in [4.78, 5) is 13.8. The van der Waals surface area contributed by atoms with E-state index in [0.717, 1.165) is 25.9 Å². The highest BCUT2D eigenvalue weighted by atomic mass is 79.9. The van der Waals surface area contributed by atoms with Gasteiger partial charge in [-0.25, -0.2) is 4.79 Å². The molecule has 1 aliphatic rings. The van der Waals surface area contributed by atoms with E-state index in [2.05, 4.69) is 22.0 Å². The number of nitriles is 1. The molecular formula is C12H13BrN2O3. The Morgan fingerprint density at radius 3 is 2.83 bits per heavy atom. The van der Waals surface area contributed by atoms with E-state index < -0.39 is 5.97 Å². The summed E-state index contributed by atoms with van der Waals surface area (Å²) in [7, 11) is 0. The third-order valence-electron chi connectivity index (χ3n) is 2.88. The van der Waals surface area contributed by atoms with Crippen LogP contribution in [0, 0.1) is 11.3 Å². The van der Waals surface area contributed by atoms with Gasteiger partial charge in [0.1, 0.15) is 6.10 Å². The van der Waals surface area contributed by atoms with Gasteiger partial charge in [-0.15, -0.1) is 0 Å². The second-order valence-electron chi connectivity index (χ2n) is 4.14. The van der Waals surface area contributed by atoms with Gasteiger partial charge in [0.15, 0.2) is 4.67 Å². The zero-order valence-corrected chi connectivity index (χ0v) is 11.4. The molecule has 0 spiro atoms. The molecule has 1 aliphatic heterocycles. The number of carbonyl (C=O) groups excluding carboxylic acids is 1. The molecule has 0 aliphatic carbocycles. The van der Waals surface area contributed by atoms with Gasteiger partial charge in [-0.05, 0) is 40.9 Å². The normalized spacial score (nSPS) is 17.3. The van der Waals surface area contributed by atoms with Crippen molar-refractivity contribution >= 4 is 21.9 Å². The van der Waals surface area contributed by atoms with E-state index in [4.69, 9.17) is 14.4 Å². The maximum Gasteiger partial charge on any atom is 0.374 e. The summed E-state index contributed by atoms with van der Waals surface area (Å²) in [5.41, 5.74) is 0. The molecule has 2 rings (SSSR count). The van der Waals surface area contributed by atoms with Crippen molar-refractivity contribution in [3.05, 3.63) is 22.6 Å². The Bertz CT molecular complexity index is 458. The van der Waals surface area contributed by atoms with Crippen molar-refractivity contribution in [2.75, 3.05) is 19.6 Å². The molecule has 1 fully saturated rings. The van der Waals surface area contributed by atoms with Crippen molar-refractivity contribution in [3.63, 3.8) is 0 Å². The highest BCUT2D eigenvalue weighted by Crippen LogP contribution is 2.18. The van der Waals surface area contributed by atoms with Crippen molar-refractivity contribution in [2.24, 2.45) is 0 Å². The van der Waals surface area contributed by atoms with Gasteiger partial charge in [-0.1, -0.05) is 0 Å². The Kier molecular flexibility index (Phi) is 4.39. The van der Waals surface area contributed by atoms with Crippen molar-refractivity contribution in [3.8, 4) is 6.07 Å². The van der Waals surface area contributed by atoms with E-state index in [1.54, 1.807) is 12.1 Å². The van der Waals surface area contributed by atoms with Gasteiger partial charge in [0.05, 0.1) is 12.6 Å². The van der Waals surface area contributed by atoms with E-state index in [9.17, 15) is 4.79 Å². The van der Waals surface area contributed by atoms with Crippen LogP contribution in [0.15, 0.2) is 21.2 Å². The summed E-state index contributed by atoms with van der Waals surface area (Å²) in [5.74, 6) is -0.222. The average molecular weight is 313 g/mol. The first-order valence-corrected chi connectivity index (χ1v) is 6.54. The Hall–Kier alpha value is -1.32. The highest BCUT2D eigenvalue weighted by molar-refractivity contribution is 9.10. The highest BCUT2D eigenvalue weighted by Gasteiger charge is 2.23. The minimum absolute atomic E-state index is 0.0867. The number of carbonyl (C=O) groups is 1. The van der Waals surface area contributed by atoms with Gasteiger partial charge >= 0.3 is 5.97 Å². The van der Waals surface area contributed by atoms with E-state index >= 15 is 0 Å². The fourth-order valence-electron chi connectivity index (χ4n) is 1.92. The van der Waals surface area contributed by atoms with Crippen molar-refractivity contribution in [1.29, 1.82) is 5.26 Å². The molecule has 5 nitrogen and oxygen atoms in total. The minimum atomic E-state index is -0.431.